The fourth-order valence-corrected chi connectivity index (χ4v) is 1.45. The Morgan fingerprint density at radius 1 is 1.35 bits per heavy atom. The lowest BCUT2D eigenvalue weighted by Crippen LogP contribution is -2.42. The number of nitrogens with two attached hydrogens (primary N) is 1. The smallest absolute Gasteiger partial charge is 0.316 e. The quantitative estimate of drug-likeness (QED) is 0.632. The summed E-state index contributed by atoms with van der Waals surface area (Å²) in [5.74, 6) is 0.620. The second-order valence-electron chi connectivity index (χ2n) is 5.61. The van der Waals surface area contributed by atoms with Gasteiger partial charge in [-0.15, -0.1) is 0 Å². The van der Waals surface area contributed by atoms with E-state index in [1.165, 1.54) is 0 Å². The molecular weight excluding hydrogens is 258 g/mol. The van der Waals surface area contributed by atoms with Crippen molar-refractivity contribution >= 4 is 11.7 Å². The number of hydrogen-bond acceptors (Lipinski definition) is 4. The molecule has 0 aromatic heterocycles. The van der Waals surface area contributed by atoms with Crippen LogP contribution in [0.15, 0.2) is 24.3 Å². The highest BCUT2D eigenvalue weighted by atomic mass is 16.5. The van der Waals surface area contributed by atoms with Crippen molar-refractivity contribution in [3.8, 4) is 5.75 Å². The molecule has 2 amide bonds. The minimum atomic E-state index is -0.609. The predicted octanol–water partition coefficient (Wildman–Crippen LogP) is 1.30. The first-order chi connectivity index (χ1) is 9.26. The van der Waals surface area contributed by atoms with Gasteiger partial charge < -0.3 is 26.2 Å². The van der Waals surface area contributed by atoms with E-state index in [1.807, 2.05) is 20.8 Å². The molecule has 6 heteroatoms. The normalized spacial score (nSPS) is 12.8. The van der Waals surface area contributed by atoms with Gasteiger partial charge in [-0.25, -0.2) is 4.79 Å². The van der Waals surface area contributed by atoms with Gasteiger partial charge in [-0.2, -0.15) is 0 Å². The lowest BCUT2D eigenvalue weighted by molar-refractivity contribution is 0.100. The standard InChI is InChI=1S/C14H23N3O3/c1-14(2,3)16-8-11(18)9-20-12-6-4-10(5-7-12)17-13(15)19/h4-7,11,16,18H,8-9H2,1-3H3,(H3,15,17,19). The molecule has 0 aliphatic carbocycles. The van der Waals surface area contributed by atoms with Crippen molar-refractivity contribution in [1.82, 2.24) is 5.32 Å². The molecule has 1 unspecified atom stereocenters. The molecule has 0 saturated heterocycles. The minimum absolute atomic E-state index is 0.0386. The van der Waals surface area contributed by atoms with E-state index in [2.05, 4.69) is 10.6 Å². The maximum absolute atomic E-state index is 10.7. The number of carbonyl (C=O) groups is 1. The average molecular weight is 281 g/mol. The Bertz CT molecular complexity index is 426. The van der Waals surface area contributed by atoms with Crippen LogP contribution in [0.25, 0.3) is 0 Å². The fourth-order valence-electron chi connectivity index (χ4n) is 1.45. The Hall–Kier alpha value is -1.79. The van der Waals surface area contributed by atoms with Gasteiger partial charge in [0.25, 0.3) is 0 Å². The lowest BCUT2D eigenvalue weighted by Gasteiger charge is -2.23. The highest BCUT2D eigenvalue weighted by Crippen LogP contribution is 2.15. The number of amides is 2. The van der Waals surface area contributed by atoms with Gasteiger partial charge in [-0.1, -0.05) is 0 Å². The predicted molar refractivity (Wildman–Crippen MR) is 78.9 cm³/mol. The number of β-amino-alcohol motifs (C(OH)–C–C–N with tert-alkyl or cyclic N) is 1. The second kappa shape index (κ2) is 7.12. The molecule has 0 radical (unpaired) electrons. The summed E-state index contributed by atoms with van der Waals surface area (Å²) in [6.45, 7) is 6.76. The third-order valence-electron chi connectivity index (χ3n) is 2.43. The summed E-state index contributed by atoms with van der Waals surface area (Å²) < 4.78 is 5.46. The van der Waals surface area contributed by atoms with Crippen molar-refractivity contribution in [2.75, 3.05) is 18.5 Å². The number of aliphatic hydroxyl groups is 1. The number of nitrogens with one attached hydrogen (secondary N) is 2. The minimum Gasteiger partial charge on any atom is -0.491 e. The Labute approximate surface area is 119 Å². The molecule has 0 spiro atoms. The molecule has 0 bridgehead atoms. The third-order valence-corrected chi connectivity index (χ3v) is 2.43. The van der Waals surface area contributed by atoms with Gasteiger partial charge in [0.2, 0.25) is 0 Å². The van der Waals surface area contributed by atoms with Crippen molar-refractivity contribution in [2.45, 2.75) is 32.4 Å². The molecule has 1 aromatic rings. The summed E-state index contributed by atoms with van der Waals surface area (Å²) in [6.07, 6.45) is -0.586. The van der Waals surface area contributed by atoms with Crippen LogP contribution in [0, 0.1) is 0 Å². The SMILES string of the molecule is CC(C)(C)NCC(O)COc1ccc(NC(N)=O)cc1. The Morgan fingerprint density at radius 2 is 1.95 bits per heavy atom. The van der Waals surface area contributed by atoms with Crippen LogP contribution in [0.4, 0.5) is 10.5 Å². The number of rotatable bonds is 6. The highest BCUT2D eigenvalue weighted by molar-refractivity contribution is 5.87. The van der Waals surface area contributed by atoms with Crippen LogP contribution < -0.4 is 21.1 Å². The van der Waals surface area contributed by atoms with E-state index in [0.29, 0.717) is 18.0 Å². The molecule has 1 atom stereocenters. The number of hydrogen-bond donors (Lipinski definition) is 4. The second-order valence-corrected chi connectivity index (χ2v) is 5.61. The summed E-state index contributed by atoms with van der Waals surface area (Å²) in [4.78, 5) is 10.7. The van der Waals surface area contributed by atoms with Gasteiger partial charge in [0.15, 0.2) is 0 Å². The number of carbonyl (C=O) groups excluding carboxylic acids is 1. The van der Waals surface area contributed by atoms with Crippen LogP contribution >= 0.6 is 0 Å². The molecule has 1 rings (SSSR count). The van der Waals surface area contributed by atoms with Crippen LogP contribution in [-0.2, 0) is 0 Å². The molecule has 112 valence electrons. The summed E-state index contributed by atoms with van der Waals surface area (Å²) >= 11 is 0. The maximum Gasteiger partial charge on any atom is 0.316 e. The van der Waals surface area contributed by atoms with E-state index in [1.54, 1.807) is 24.3 Å². The lowest BCUT2D eigenvalue weighted by atomic mass is 10.1. The van der Waals surface area contributed by atoms with Gasteiger partial charge in [-0.05, 0) is 45.0 Å². The van der Waals surface area contributed by atoms with Gasteiger partial charge >= 0.3 is 6.03 Å². The molecule has 6 nitrogen and oxygen atoms in total. The Kier molecular flexibility index (Phi) is 5.79. The molecule has 0 aliphatic heterocycles. The zero-order valence-corrected chi connectivity index (χ0v) is 12.1. The number of aliphatic hydroxyl groups excluding tert-OH is 1. The van der Waals surface area contributed by atoms with Gasteiger partial charge in [0.05, 0.1) is 0 Å². The van der Waals surface area contributed by atoms with Crippen molar-refractivity contribution in [1.29, 1.82) is 0 Å². The summed E-state index contributed by atoms with van der Waals surface area (Å²) in [6, 6.07) is 6.16. The van der Waals surface area contributed by atoms with Crippen molar-refractivity contribution < 1.29 is 14.6 Å². The van der Waals surface area contributed by atoms with Crippen LogP contribution in [0.2, 0.25) is 0 Å². The summed E-state index contributed by atoms with van der Waals surface area (Å²) in [5.41, 5.74) is 5.57. The number of urea groups is 1. The topological polar surface area (TPSA) is 96.6 Å². The van der Waals surface area contributed by atoms with Crippen molar-refractivity contribution in [3.05, 3.63) is 24.3 Å². The van der Waals surface area contributed by atoms with Gasteiger partial charge in [0.1, 0.15) is 18.5 Å². The van der Waals surface area contributed by atoms with Gasteiger partial charge in [-0.3, -0.25) is 0 Å². The van der Waals surface area contributed by atoms with Crippen molar-refractivity contribution in [2.24, 2.45) is 5.73 Å². The van der Waals surface area contributed by atoms with Crippen LogP contribution in [0.1, 0.15) is 20.8 Å². The highest BCUT2D eigenvalue weighted by Gasteiger charge is 2.12. The van der Waals surface area contributed by atoms with Gasteiger partial charge in [0, 0.05) is 17.8 Å². The molecule has 0 aliphatic rings. The summed E-state index contributed by atoms with van der Waals surface area (Å²) in [7, 11) is 0. The monoisotopic (exact) mass is 281 g/mol. The third kappa shape index (κ3) is 6.96. The van der Waals surface area contributed by atoms with E-state index in [9.17, 15) is 9.90 Å². The van der Waals surface area contributed by atoms with E-state index < -0.39 is 12.1 Å². The first-order valence-corrected chi connectivity index (χ1v) is 6.49. The zero-order chi connectivity index (χ0) is 15.2. The van der Waals surface area contributed by atoms with E-state index in [4.69, 9.17) is 10.5 Å². The first kappa shape index (κ1) is 16.3. The Morgan fingerprint density at radius 3 is 2.45 bits per heavy atom. The zero-order valence-electron chi connectivity index (χ0n) is 12.1. The van der Waals surface area contributed by atoms with Crippen LogP contribution in [0.5, 0.6) is 5.75 Å². The number of anilines is 1. The number of benzene rings is 1. The molecule has 0 heterocycles. The molecule has 1 aromatic carbocycles. The molecule has 0 saturated carbocycles. The fraction of sp³-hybridized carbons (Fsp3) is 0.500. The summed E-state index contributed by atoms with van der Waals surface area (Å²) in [5, 5.41) is 15.4. The molecular formula is C14H23N3O3. The first-order valence-electron chi connectivity index (χ1n) is 6.49. The molecule has 20 heavy (non-hydrogen) atoms. The number of ether oxygens (including phenoxy) is 1. The van der Waals surface area contributed by atoms with E-state index in [0.717, 1.165) is 0 Å². The molecule has 0 fully saturated rings. The van der Waals surface area contributed by atoms with Crippen molar-refractivity contribution in [3.63, 3.8) is 0 Å². The van der Waals surface area contributed by atoms with Crippen LogP contribution in [0.3, 0.4) is 0 Å². The van der Waals surface area contributed by atoms with E-state index in [-0.39, 0.29) is 12.1 Å². The largest absolute Gasteiger partial charge is 0.491 e. The van der Waals surface area contributed by atoms with E-state index >= 15 is 0 Å². The average Bonchev–Trinajstić information content (AvgIpc) is 2.34. The maximum atomic E-state index is 10.7. The molecule has 5 N–H and O–H groups in total. The number of primary amides is 1. The Balaban J connectivity index is 2.36. The van der Waals surface area contributed by atoms with Crippen LogP contribution in [-0.4, -0.2) is 35.9 Å².